The normalized spacial score (nSPS) is 22.3. The molecule has 0 bridgehead atoms. The van der Waals surface area contributed by atoms with E-state index in [0.717, 1.165) is 19.6 Å². The number of carbonyl (C=O) groups is 2. The van der Waals surface area contributed by atoms with Crippen LogP contribution in [0.5, 0.6) is 0 Å². The maximum atomic E-state index is 12.6. The van der Waals surface area contributed by atoms with Gasteiger partial charge in [0, 0.05) is 19.0 Å². The zero-order valence-corrected chi connectivity index (χ0v) is 14.9. The Morgan fingerprint density at radius 2 is 2.00 bits per heavy atom. The molecule has 6 nitrogen and oxygen atoms in total. The van der Waals surface area contributed by atoms with Crippen molar-refractivity contribution in [2.75, 3.05) is 26.2 Å². The summed E-state index contributed by atoms with van der Waals surface area (Å²) < 4.78 is 5.49. The minimum absolute atomic E-state index is 0.161. The summed E-state index contributed by atoms with van der Waals surface area (Å²) in [5.41, 5.74) is 0.161. The number of Topliss-reactive ketones (excluding diaryl/α,β-unsaturated/α-hetero) is 1. The van der Waals surface area contributed by atoms with Crippen molar-refractivity contribution in [3.05, 3.63) is 35.5 Å². The third-order valence-electron chi connectivity index (χ3n) is 5.01. The number of hydrogen-bond acceptors (Lipinski definition) is 5. The molecule has 0 aliphatic carbocycles. The molecule has 6 heteroatoms. The fourth-order valence-corrected chi connectivity index (χ4v) is 3.62. The Kier molecular flexibility index (Phi) is 5.27. The van der Waals surface area contributed by atoms with Crippen molar-refractivity contribution in [3.63, 3.8) is 0 Å². The summed E-state index contributed by atoms with van der Waals surface area (Å²) in [7, 11) is 0. The first-order chi connectivity index (χ1) is 12.0. The number of amides is 1. The third kappa shape index (κ3) is 3.49. The standard InChI is InChI=1S/C19H26N2O4/c1-13(2)17(22)15-16(14-7-6-12-25-14)21(19(24)18(15)23)11-10-20-8-4-3-5-9-20/h6-7,12-13,16,23H,3-5,8-11H2,1-2H3. The van der Waals surface area contributed by atoms with Gasteiger partial charge in [-0.25, -0.2) is 0 Å². The molecule has 136 valence electrons. The number of hydrogen-bond donors (Lipinski definition) is 1. The molecule has 2 aliphatic heterocycles. The van der Waals surface area contributed by atoms with Crippen LogP contribution in [0.3, 0.4) is 0 Å². The van der Waals surface area contributed by atoms with E-state index in [1.165, 1.54) is 25.5 Å². The predicted molar refractivity (Wildman–Crippen MR) is 93.0 cm³/mol. The van der Waals surface area contributed by atoms with Gasteiger partial charge in [0.25, 0.3) is 5.91 Å². The highest BCUT2D eigenvalue weighted by molar-refractivity contribution is 6.09. The summed E-state index contributed by atoms with van der Waals surface area (Å²) in [6.07, 6.45) is 5.13. The summed E-state index contributed by atoms with van der Waals surface area (Å²) in [5, 5.41) is 10.4. The number of furan rings is 1. The molecule has 3 heterocycles. The molecule has 1 saturated heterocycles. The first kappa shape index (κ1) is 17.7. The van der Waals surface area contributed by atoms with Crippen LogP contribution < -0.4 is 0 Å². The van der Waals surface area contributed by atoms with Gasteiger partial charge in [-0.1, -0.05) is 20.3 Å². The number of aliphatic hydroxyl groups excluding tert-OH is 1. The molecule has 2 aliphatic rings. The Balaban J connectivity index is 1.84. The summed E-state index contributed by atoms with van der Waals surface area (Å²) in [6.45, 7) is 6.79. The van der Waals surface area contributed by atoms with Gasteiger partial charge in [0.1, 0.15) is 11.8 Å². The van der Waals surface area contributed by atoms with Crippen molar-refractivity contribution >= 4 is 11.7 Å². The molecule has 3 rings (SSSR count). The van der Waals surface area contributed by atoms with Gasteiger partial charge in [0.15, 0.2) is 11.5 Å². The Hall–Kier alpha value is -2.08. The molecule has 0 aromatic carbocycles. The lowest BCUT2D eigenvalue weighted by molar-refractivity contribution is -0.129. The number of likely N-dealkylation sites (tertiary alicyclic amines) is 1. The first-order valence-corrected chi connectivity index (χ1v) is 9.04. The van der Waals surface area contributed by atoms with Crippen LogP contribution in [-0.2, 0) is 9.59 Å². The summed E-state index contributed by atoms with van der Waals surface area (Å²) in [4.78, 5) is 29.1. The molecule has 1 fully saturated rings. The van der Waals surface area contributed by atoms with Gasteiger partial charge in [-0.3, -0.25) is 9.59 Å². The molecular weight excluding hydrogens is 320 g/mol. The van der Waals surface area contributed by atoms with Gasteiger partial charge in [-0.05, 0) is 38.1 Å². The number of carbonyl (C=O) groups excluding carboxylic acids is 2. The van der Waals surface area contributed by atoms with Crippen LogP contribution in [0.25, 0.3) is 0 Å². The summed E-state index contributed by atoms with van der Waals surface area (Å²) >= 11 is 0. The quantitative estimate of drug-likeness (QED) is 0.857. The van der Waals surface area contributed by atoms with Gasteiger partial charge in [0.05, 0.1) is 11.8 Å². The monoisotopic (exact) mass is 346 g/mol. The fraction of sp³-hybridized carbons (Fsp3) is 0.579. The maximum absolute atomic E-state index is 12.6. The van der Waals surface area contributed by atoms with Crippen LogP contribution in [-0.4, -0.2) is 52.8 Å². The van der Waals surface area contributed by atoms with Crippen LogP contribution in [0.4, 0.5) is 0 Å². The molecule has 1 aromatic heterocycles. The average molecular weight is 346 g/mol. The van der Waals surface area contributed by atoms with E-state index in [0.29, 0.717) is 12.3 Å². The molecule has 1 unspecified atom stereocenters. The number of aliphatic hydroxyl groups is 1. The molecule has 1 amide bonds. The lowest BCUT2D eigenvalue weighted by Crippen LogP contribution is -2.40. The zero-order valence-electron chi connectivity index (χ0n) is 14.9. The van der Waals surface area contributed by atoms with Crippen molar-refractivity contribution < 1.29 is 19.1 Å². The number of rotatable bonds is 6. The van der Waals surface area contributed by atoms with E-state index in [2.05, 4.69) is 4.90 Å². The Labute approximate surface area is 148 Å². The SMILES string of the molecule is CC(C)C(=O)C1=C(O)C(=O)N(CCN2CCCCC2)C1c1ccco1. The van der Waals surface area contributed by atoms with E-state index in [4.69, 9.17) is 4.42 Å². The van der Waals surface area contributed by atoms with E-state index < -0.39 is 17.7 Å². The topological polar surface area (TPSA) is 74.0 Å². The van der Waals surface area contributed by atoms with Gasteiger partial charge in [-0.15, -0.1) is 0 Å². The largest absolute Gasteiger partial charge is 0.503 e. The van der Waals surface area contributed by atoms with E-state index >= 15 is 0 Å². The highest BCUT2D eigenvalue weighted by Crippen LogP contribution is 2.38. The van der Waals surface area contributed by atoms with Gasteiger partial charge < -0.3 is 19.3 Å². The maximum Gasteiger partial charge on any atom is 0.290 e. The third-order valence-corrected chi connectivity index (χ3v) is 5.01. The smallest absolute Gasteiger partial charge is 0.290 e. The lowest BCUT2D eigenvalue weighted by Gasteiger charge is -2.31. The lowest BCUT2D eigenvalue weighted by atomic mass is 9.94. The Bertz CT molecular complexity index is 657. The second kappa shape index (κ2) is 7.44. The van der Waals surface area contributed by atoms with Crippen molar-refractivity contribution in [3.8, 4) is 0 Å². The number of nitrogens with zero attached hydrogens (tertiary/aromatic N) is 2. The van der Waals surface area contributed by atoms with Crippen LogP contribution in [0.2, 0.25) is 0 Å². The predicted octanol–water partition coefficient (Wildman–Crippen LogP) is 2.69. The van der Waals surface area contributed by atoms with E-state index in [1.807, 2.05) is 0 Å². The highest BCUT2D eigenvalue weighted by atomic mass is 16.3. The molecule has 0 spiro atoms. The first-order valence-electron chi connectivity index (χ1n) is 9.04. The van der Waals surface area contributed by atoms with Crippen LogP contribution >= 0.6 is 0 Å². The zero-order chi connectivity index (χ0) is 18.0. The average Bonchev–Trinajstić information content (AvgIpc) is 3.21. The molecule has 1 N–H and O–H groups in total. The van der Waals surface area contributed by atoms with Crippen molar-refractivity contribution in [2.24, 2.45) is 5.92 Å². The minimum atomic E-state index is -0.637. The van der Waals surface area contributed by atoms with Crippen molar-refractivity contribution in [1.82, 2.24) is 9.80 Å². The van der Waals surface area contributed by atoms with Crippen LogP contribution in [0.15, 0.2) is 34.1 Å². The van der Waals surface area contributed by atoms with Gasteiger partial charge >= 0.3 is 0 Å². The highest BCUT2D eigenvalue weighted by Gasteiger charge is 2.45. The van der Waals surface area contributed by atoms with Gasteiger partial charge in [0.2, 0.25) is 0 Å². The second-order valence-corrected chi connectivity index (χ2v) is 7.10. The van der Waals surface area contributed by atoms with Crippen molar-refractivity contribution in [2.45, 2.75) is 39.2 Å². The molecule has 0 radical (unpaired) electrons. The minimum Gasteiger partial charge on any atom is -0.503 e. The van der Waals surface area contributed by atoms with Crippen LogP contribution in [0.1, 0.15) is 44.9 Å². The fourth-order valence-electron chi connectivity index (χ4n) is 3.62. The molecule has 25 heavy (non-hydrogen) atoms. The number of ketones is 1. The molecule has 0 saturated carbocycles. The van der Waals surface area contributed by atoms with E-state index in [-0.39, 0.29) is 17.3 Å². The van der Waals surface area contributed by atoms with Gasteiger partial charge in [-0.2, -0.15) is 0 Å². The van der Waals surface area contributed by atoms with Crippen molar-refractivity contribution in [1.29, 1.82) is 0 Å². The summed E-state index contributed by atoms with van der Waals surface area (Å²) in [5.74, 6) is -0.918. The summed E-state index contributed by atoms with van der Waals surface area (Å²) in [6, 6.07) is 2.84. The van der Waals surface area contributed by atoms with E-state index in [9.17, 15) is 14.7 Å². The molecular formula is C19H26N2O4. The molecule has 1 aromatic rings. The molecule has 1 atom stereocenters. The van der Waals surface area contributed by atoms with E-state index in [1.54, 1.807) is 30.9 Å². The van der Waals surface area contributed by atoms with Crippen LogP contribution in [0, 0.1) is 5.92 Å². The Morgan fingerprint density at radius 1 is 1.28 bits per heavy atom. The Morgan fingerprint density at radius 3 is 2.60 bits per heavy atom. The number of piperidine rings is 1. The second-order valence-electron chi connectivity index (χ2n) is 7.10.